The van der Waals surface area contributed by atoms with E-state index in [0.29, 0.717) is 32.2 Å². The van der Waals surface area contributed by atoms with Crippen molar-refractivity contribution < 1.29 is 8.42 Å². The normalized spacial score (nSPS) is 21.1. The van der Waals surface area contributed by atoms with Gasteiger partial charge < -0.3 is 5.32 Å². The highest BCUT2D eigenvalue weighted by molar-refractivity contribution is 7.86. The molecule has 22 heavy (non-hydrogen) atoms. The SMILES string of the molecule is CNC1CCN(S(=O)(=O)N2CCc3ccccc3C2)CC1.Cl. The molecule has 7 heteroatoms. The molecule has 0 radical (unpaired) electrons. The molecule has 1 aromatic rings. The summed E-state index contributed by atoms with van der Waals surface area (Å²) in [6, 6.07) is 8.57. The first-order valence-corrected chi connectivity index (χ1v) is 9.00. The second-order valence-electron chi connectivity index (χ2n) is 5.82. The van der Waals surface area contributed by atoms with Gasteiger partial charge in [0.2, 0.25) is 0 Å². The highest BCUT2D eigenvalue weighted by Gasteiger charge is 2.34. The Labute approximate surface area is 139 Å². The highest BCUT2D eigenvalue weighted by Crippen LogP contribution is 2.24. The van der Waals surface area contributed by atoms with Crippen molar-refractivity contribution in [3.63, 3.8) is 0 Å². The lowest BCUT2D eigenvalue weighted by molar-refractivity contribution is 0.268. The number of hydrogen-bond donors (Lipinski definition) is 1. The number of hydrogen-bond acceptors (Lipinski definition) is 3. The molecular weight excluding hydrogens is 322 g/mol. The van der Waals surface area contributed by atoms with Gasteiger partial charge in [0.1, 0.15) is 0 Å². The van der Waals surface area contributed by atoms with E-state index >= 15 is 0 Å². The average Bonchev–Trinajstić information content (AvgIpc) is 2.54. The van der Waals surface area contributed by atoms with Gasteiger partial charge in [0.05, 0.1) is 0 Å². The third-order valence-electron chi connectivity index (χ3n) is 4.61. The predicted octanol–water partition coefficient (Wildman–Crippen LogP) is 1.40. The van der Waals surface area contributed by atoms with Gasteiger partial charge in [-0.05, 0) is 37.4 Å². The zero-order chi connectivity index (χ0) is 14.9. The van der Waals surface area contributed by atoms with Crippen molar-refractivity contribution in [1.82, 2.24) is 13.9 Å². The van der Waals surface area contributed by atoms with Gasteiger partial charge in [-0.25, -0.2) is 0 Å². The van der Waals surface area contributed by atoms with E-state index in [9.17, 15) is 8.42 Å². The molecule has 2 aliphatic heterocycles. The number of halogens is 1. The summed E-state index contributed by atoms with van der Waals surface area (Å²) >= 11 is 0. The molecule has 124 valence electrons. The van der Waals surface area contributed by atoms with Crippen molar-refractivity contribution in [3.8, 4) is 0 Å². The maximum absolute atomic E-state index is 12.8. The van der Waals surface area contributed by atoms with Crippen molar-refractivity contribution in [2.75, 3.05) is 26.7 Å². The van der Waals surface area contributed by atoms with Crippen LogP contribution in [0, 0.1) is 0 Å². The van der Waals surface area contributed by atoms with E-state index < -0.39 is 10.2 Å². The Bertz CT molecular complexity index is 601. The molecule has 1 N–H and O–H groups in total. The molecule has 5 nitrogen and oxygen atoms in total. The second-order valence-corrected chi connectivity index (χ2v) is 7.75. The lowest BCUT2D eigenvalue weighted by Gasteiger charge is -2.36. The van der Waals surface area contributed by atoms with Crippen LogP contribution >= 0.6 is 12.4 Å². The topological polar surface area (TPSA) is 52.7 Å². The molecule has 1 saturated heterocycles. The summed E-state index contributed by atoms with van der Waals surface area (Å²) in [5.74, 6) is 0. The summed E-state index contributed by atoms with van der Waals surface area (Å²) < 4.78 is 28.8. The molecule has 0 aromatic heterocycles. The molecule has 1 aromatic carbocycles. The van der Waals surface area contributed by atoms with Crippen LogP contribution in [-0.4, -0.2) is 49.8 Å². The zero-order valence-corrected chi connectivity index (χ0v) is 14.5. The monoisotopic (exact) mass is 345 g/mol. The lowest BCUT2D eigenvalue weighted by atomic mass is 10.0. The number of nitrogens with zero attached hydrogens (tertiary/aromatic N) is 2. The minimum Gasteiger partial charge on any atom is -0.317 e. The Morgan fingerprint density at radius 1 is 1.05 bits per heavy atom. The molecular formula is C15H24ClN3O2S. The summed E-state index contributed by atoms with van der Waals surface area (Å²) in [5, 5.41) is 3.23. The average molecular weight is 346 g/mol. The van der Waals surface area contributed by atoms with Gasteiger partial charge in [0, 0.05) is 32.2 Å². The standard InChI is InChI=1S/C15H23N3O2S.ClH/c1-16-15-7-10-17(11-8-15)21(19,20)18-9-6-13-4-2-3-5-14(13)12-18;/h2-5,15-16H,6-12H2,1H3;1H. The van der Waals surface area contributed by atoms with Crippen LogP contribution in [0.25, 0.3) is 0 Å². The van der Waals surface area contributed by atoms with Crippen LogP contribution in [0.3, 0.4) is 0 Å². The molecule has 0 aliphatic carbocycles. The smallest absolute Gasteiger partial charge is 0.282 e. The number of piperidine rings is 1. The van der Waals surface area contributed by atoms with E-state index in [4.69, 9.17) is 0 Å². The van der Waals surface area contributed by atoms with Gasteiger partial charge in [-0.1, -0.05) is 24.3 Å². The molecule has 0 unspecified atom stereocenters. The first kappa shape index (κ1) is 17.7. The molecule has 3 rings (SSSR count). The lowest BCUT2D eigenvalue weighted by Crippen LogP contribution is -2.50. The minimum atomic E-state index is -3.32. The highest BCUT2D eigenvalue weighted by atomic mass is 35.5. The van der Waals surface area contributed by atoms with Crippen molar-refractivity contribution >= 4 is 22.6 Å². The Morgan fingerprint density at radius 2 is 1.68 bits per heavy atom. The largest absolute Gasteiger partial charge is 0.317 e. The van der Waals surface area contributed by atoms with Crippen LogP contribution in [-0.2, 0) is 23.2 Å². The van der Waals surface area contributed by atoms with Crippen LogP contribution in [0.4, 0.5) is 0 Å². The third kappa shape index (κ3) is 3.46. The van der Waals surface area contributed by atoms with Crippen LogP contribution in [0.15, 0.2) is 24.3 Å². The number of nitrogens with one attached hydrogen (secondary N) is 1. The van der Waals surface area contributed by atoms with Gasteiger partial charge in [-0.2, -0.15) is 17.0 Å². The Hall–Kier alpha value is -0.660. The van der Waals surface area contributed by atoms with Crippen molar-refractivity contribution in [1.29, 1.82) is 0 Å². The van der Waals surface area contributed by atoms with Crippen molar-refractivity contribution in [3.05, 3.63) is 35.4 Å². The van der Waals surface area contributed by atoms with Crippen LogP contribution in [0.1, 0.15) is 24.0 Å². The maximum Gasteiger partial charge on any atom is 0.282 e. The fraction of sp³-hybridized carbons (Fsp3) is 0.600. The quantitative estimate of drug-likeness (QED) is 0.900. The van der Waals surface area contributed by atoms with Crippen LogP contribution < -0.4 is 5.32 Å². The van der Waals surface area contributed by atoms with Gasteiger partial charge in [-0.15, -0.1) is 12.4 Å². The number of rotatable bonds is 3. The van der Waals surface area contributed by atoms with E-state index in [1.165, 1.54) is 5.56 Å². The third-order valence-corrected chi connectivity index (χ3v) is 6.59. The minimum absolute atomic E-state index is 0. The van der Waals surface area contributed by atoms with Gasteiger partial charge in [0.15, 0.2) is 0 Å². The van der Waals surface area contributed by atoms with E-state index in [-0.39, 0.29) is 12.4 Å². The maximum atomic E-state index is 12.8. The fourth-order valence-corrected chi connectivity index (χ4v) is 4.83. The zero-order valence-electron chi connectivity index (χ0n) is 12.9. The molecule has 2 aliphatic rings. The summed E-state index contributed by atoms with van der Waals surface area (Å²) in [5.41, 5.74) is 2.41. The molecule has 1 fully saturated rings. The summed E-state index contributed by atoms with van der Waals surface area (Å²) in [6.07, 6.45) is 2.59. The van der Waals surface area contributed by atoms with Gasteiger partial charge in [0.25, 0.3) is 10.2 Å². The molecule has 0 amide bonds. The summed E-state index contributed by atoms with van der Waals surface area (Å²) in [6.45, 7) is 2.33. The van der Waals surface area contributed by atoms with E-state index in [1.54, 1.807) is 8.61 Å². The van der Waals surface area contributed by atoms with Crippen molar-refractivity contribution in [2.24, 2.45) is 0 Å². The van der Waals surface area contributed by atoms with E-state index in [2.05, 4.69) is 11.4 Å². The number of fused-ring (bicyclic) bond motifs is 1. The molecule has 0 spiro atoms. The first-order chi connectivity index (χ1) is 10.1. The molecule has 0 bridgehead atoms. The molecule has 0 saturated carbocycles. The van der Waals surface area contributed by atoms with Gasteiger partial charge >= 0.3 is 0 Å². The number of benzene rings is 1. The summed E-state index contributed by atoms with van der Waals surface area (Å²) in [4.78, 5) is 0. The molecule has 0 atom stereocenters. The second kappa shape index (κ2) is 7.27. The summed E-state index contributed by atoms with van der Waals surface area (Å²) in [7, 11) is -1.38. The van der Waals surface area contributed by atoms with Crippen LogP contribution in [0.5, 0.6) is 0 Å². The van der Waals surface area contributed by atoms with E-state index in [0.717, 1.165) is 24.8 Å². The fourth-order valence-electron chi connectivity index (χ4n) is 3.21. The Kier molecular flexibility index (Phi) is 5.85. The van der Waals surface area contributed by atoms with Crippen molar-refractivity contribution in [2.45, 2.75) is 31.8 Å². The Balaban J connectivity index is 0.00000176. The van der Waals surface area contributed by atoms with E-state index in [1.807, 2.05) is 25.2 Å². The predicted molar refractivity (Wildman–Crippen MR) is 90.4 cm³/mol. The Morgan fingerprint density at radius 3 is 2.32 bits per heavy atom. The molecule has 2 heterocycles. The van der Waals surface area contributed by atoms with Crippen LogP contribution in [0.2, 0.25) is 0 Å². The first-order valence-electron chi connectivity index (χ1n) is 7.60. The van der Waals surface area contributed by atoms with Gasteiger partial charge in [-0.3, -0.25) is 0 Å².